The minimum Gasteiger partial charge on any atom is -0.312 e. The van der Waals surface area contributed by atoms with Crippen molar-refractivity contribution < 1.29 is 18.0 Å². The van der Waals surface area contributed by atoms with E-state index in [1.807, 2.05) is 0 Å². The van der Waals surface area contributed by atoms with Crippen molar-refractivity contribution in [3.8, 4) is 0 Å². The van der Waals surface area contributed by atoms with Crippen LogP contribution in [0.2, 0.25) is 0 Å². The highest BCUT2D eigenvalue weighted by Crippen LogP contribution is 2.49. The lowest BCUT2D eigenvalue weighted by Gasteiger charge is -2.13. The second kappa shape index (κ2) is 4.69. The number of rotatable bonds is 4. The van der Waals surface area contributed by atoms with Crippen LogP contribution < -0.4 is 0 Å². The molecule has 0 atom stereocenters. The Kier molecular flexibility index (Phi) is 3.81. The van der Waals surface area contributed by atoms with E-state index in [4.69, 9.17) is 9.05 Å². The molecule has 14 heavy (non-hydrogen) atoms. The number of halogens is 1. The van der Waals surface area contributed by atoms with Gasteiger partial charge in [0.1, 0.15) is 5.82 Å². The third-order valence-corrected chi connectivity index (χ3v) is 3.69. The molecule has 0 amide bonds. The van der Waals surface area contributed by atoms with Crippen LogP contribution in [0.4, 0.5) is 4.39 Å². The Bertz CT molecular complexity index is 346. The van der Waals surface area contributed by atoms with Gasteiger partial charge >= 0.3 is 7.60 Å². The van der Waals surface area contributed by atoms with Gasteiger partial charge in [-0.05, 0) is 17.7 Å². The zero-order valence-electron chi connectivity index (χ0n) is 8.07. The number of benzene rings is 1. The summed E-state index contributed by atoms with van der Waals surface area (Å²) >= 11 is 0. The zero-order chi connectivity index (χ0) is 10.6. The average molecular weight is 218 g/mol. The van der Waals surface area contributed by atoms with Crippen LogP contribution in [0.25, 0.3) is 0 Å². The van der Waals surface area contributed by atoms with Gasteiger partial charge in [-0.15, -0.1) is 0 Å². The van der Waals surface area contributed by atoms with Crippen LogP contribution in [0.1, 0.15) is 5.56 Å². The maximum Gasteiger partial charge on any atom is 0.334 e. The van der Waals surface area contributed by atoms with Gasteiger partial charge in [0, 0.05) is 14.2 Å². The molecule has 0 N–H and O–H groups in total. The predicted octanol–water partition coefficient (Wildman–Crippen LogP) is 2.81. The lowest BCUT2D eigenvalue weighted by Crippen LogP contribution is -1.93. The van der Waals surface area contributed by atoms with Gasteiger partial charge in [-0.3, -0.25) is 4.57 Å². The van der Waals surface area contributed by atoms with Gasteiger partial charge in [-0.2, -0.15) is 0 Å². The monoisotopic (exact) mass is 218 g/mol. The molecule has 0 aliphatic rings. The Morgan fingerprint density at radius 1 is 1.36 bits per heavy atom. The molecular weight excluding hydrogens is 206 g/mol. The highest BCUT2D eigenvalue weighted by atomic mass is 31.2. The van der Waals surface area contributed by atoms with E-state index in [9.17, 15) is 8.96 Å². The van der Waals surface area contributed by atoms with Gasteiger partial charge in [0.2, 0.25) is 0 Å². The summed E-state index contributed by atoms with van der Waals surface area (Å²) in [7, 11) is -0.471. The molecule has 0 saturated carbocycles. The molecule has 0 heterocycles. The quantitative estimate of drug-likeness (QED) is 0.729. The molecule has 0 fully saturated rings. The van der Waals surface area contributed by atoms with Gasteiger partial charge in [0.15, 0.2) is 0 Å². The summed E-state index contributed by atoms with van der Waals surface area (Å²) in [6, 6.07) is 5.87. The average Bonchev–Trinajstić information content (AvgIpc) is 2.18. The highest BCUT2D eigenvalue weighted by Gasteiger charge is 2.21. The highest BCUT2D eigenvalue weighted by molar-refractivity contribution is 7.52. The van der Waals surface area contributed by atoms with E-state index < -0.39 is 7.60 Å². The smallest absolute Gasteiger partial charge is 0.312 e. The van der Waals surface area contributed by atoms with Gasteiger partial charge in [-0.25, -0.2) is 4.39 Å². The fourth-order valence-corrected chi connectivity index (χ4v) is 2.11. The molecule has 1 aromatic rings. The Morgan fingerprint density at radius 3 is 2.50 bits per heavy atom. The van der Waals surface area contributed by atoms with Gasteiger partial charge < -0.3 is 9.05 Å². The standard InChI is InChI=1S/C9H12FO3P/c1-12-14(11,13-2)7-8-4-3-5-9(10)6-8/h3-6H,7H2,1-2H3. The molecule has 0 unspecified atom stereocenters. The lowest BCUT2D eigenvalue weighted by molar-refractivity contribution is 0.275. The van der Waals surface area contributed by atoms with Gasteiger partial charge in [-0.1, -0.05) is 12.1 Å². The zero-order valence-corrected chi connectivity index (χ0v) is 8.96. The van der Waals surface area contributed by atoms with Crippen molar-refractivity contribution >= 4 is 7.60 Å². The van der Waals surface area contributed by atoms with Crippen LogP contribution in [0, 0.1) is 5.82 Å². The molecule has 0 saturated heterocycles. The number of hydrogen-bond acceptors (Lipinski definition) is 3. The molecule has 1 aromatic carbocycles. The molecule has 5 heteroatoms. The molecule has 3 nitrogen and oxygen atoms in total. The van der Waals surface area contributed by atoms with Crippen molar-refractivity contribution in [3.05, 3.63) is 35.6 Å². The minimum absolute atomic E-state index is 0.0811. The van der Waals surface area contributed by atoms with Crippen LogP contribution >= 0.6 is 7.60 Å². The van der Waals surface area contributed by atoms with E-state index in [-0.39, 0.29) is 12.0 Å². The maximum atomic E-state index is 12.8. The van der Waals surface area contributed by atoms with Crippen molar-refractivity contribution in [1.82, 2.24) is 0 Å². The summed E-state index contributed by atoms with van der Waals surface area (Å²) in [5.41, 5.74) is 0.594. The van der Waals surface area contributed by atoms with Crippen LogP contribution in [-0.4, -0.2) is 14.2 Å². The van der Waals surface area contributed by atoms with E-state index in [0.717, 1.165) is 0 Å². The Hall–Kier alpha value is -0.700. The molecule has 0 aromatic heterocycles. The van der Waals surface area contributed by atoms with E-state index in [2.05, 4.69) is 0 Å². The fraction of sp³-hybridized carbons (Fsp3) is 0.333. The third kappa shape index (κ3) is 2.91. The van der Waals surface area contributed by atoms with E-state index in [1.54, 1.807) is 12.1 Å². The van der Waals surface area contributed by atoms with Crippen LogP contribution in [0.15, 0.2) is 24.3 Å². The summed E-state index contributed by atoms with van der Waals surface area (Å²) in [5.74, 6) is -0.360. The van der Waals surface area contributed by atoms with E-state index in [1.165, 1.54) is 26.4 Å². The largest absolute Gasteiger partial charge is 0.334 e. The Balaban J connectivity index is 2.83. The summed E-state index contributed by atoms with van der Waals surface area (Å²) < 4.78 is 33.9. The maximum absolute atomic E-state index is 12.8. The van der Waals surface area contributed by atoms with E-state index >= 15 is 0 Å². The first-order valence-corrected chi connectivity index (χ1v) is 5.77. The number of hydrogen-bond donors (Lipinski definition) is 0. The van der Waals surface area contributed by atoms with Crippen LogP contribution in [-0.2, 0) is 19.8 Å². The molecule has 1 rings (SSSR count). The topological polar surface area (TPSA) is 35.5 Å². The molecular formula is C9H12FO3P. The van der Waals surface area contributed by atoms with Crippen molar-refractivity contribution in [2.24, 2.45) is 0 Å². The Labute approximate surface area is 82.4 Å². The van der Waals surface area contributed by atoms with Gasteiger partial charge in [0.05, 0.1) is 6.16 Å². The molecule has 0 spiro atoms. The molecule has 0 aliphatic heterocycles. The van der Waals surface area contributed by atoms with Crippen molar-refractivity contribution in [3.63, 3.8) is 0 Å². The Morgan fingerprint density at radius 2 is 2.00 bits per heavy atom. The summed E-state index contributed by atoms with van der Waals surface area (Å²) in [4.78, 5) is 0. The first kappa shape index (κ1) is 11.4. The van der Waals surface area contributed by atoms with Gasteiger partial charge in [0.25, 0.3) is 0 Å². The second-order valence-electron chi connectivity index (χ2n) is 2.76. The third-order valence-electron chi connectivity index (χ3n) is 1.82. The predicted molar refractivity (Wildman–Crippen MR) is 51.7 cm³/mol. The minimum atomic E-state index is -3.09. The molecule has 0 radical (unpaired) electrons. The SMILES string of the molecule is COP(=O)(Cc1cccc(F)c1)OC. The summed E-state index contributed by atoms with van der Waals surface area (Å²) in [6.07, 6.45) is 0.0811. The van der Waals surface area contributed by atoms with Crippen LogP contribution in [0.3, 0.4) is 0 Å². The van der Waals surface area contributed by atoms with Crippen molar-refractivity contribution in [2.45, 2.75) is 6.16 Å². The van der Waals surface area contributed by atoms with Crippen molar-refractivity contribution in [2.75, 3.05) is 14.2 Å². The normalized spacial score (nSPS) is 11.6. The first-order valence-electron chi connectivity index (χ1n) is 4.04. The fourth-order valence-electron chi connectivity index (χ4n) is 1.06. The first-order chi connectivity index (χ1) is 6.59. The van der Waals surface area contributed by atoms with Crippen LogP contribution in [0.5, 0.6) is 0 Å². The molecule has 0 aliphatic carbocycles. The molecule has 78 valence electrons. The summed E-state index contributed by atoms with van der Waals surface area (Å²) in [5, 5.41) is 0. The van der Waals surface area contributed by atoms with Crippen molar-refractivity contribution in [1.29, 1.82) is 0 Å². The molecule has 0 bridgehead atoms. The summed E-state index contributed by atoms with van der Waals surface area (Å²) in [6.45, 7) is 0. The lowest BCUT2D eigenvalue weighted by atomic mass is 10.2. The van der Waals surface area contributed by atoms with E-state index in [0.29, 0.717) is 5.56 Å². The second-order valence-corrected chi connectivity index (χ2v) is 5.03.